The molecule has 4 saturated carbocycles. The van der Waals surface area contributed by atoms with E-state index in [-0.39, 0.29) is 53.3 Å². The molecular formula is C40H52N4O6. The molecule has 10 nitrogen and oxygen atoms in total. The second-order valence-corrected chi connectivity index (χ2v) is 15.8. The minimum Gasteiger partial charge on any atom is -0.496 e. The highest BCUT2D eigenvalue weighted by Gasteiger charge is 2.51. The number of carbonyl (C=O) groups excluding carboxylic acids is 2. The van der Waals surface area contributed by atoms with E-state index < -0.39 is 0 Å². The lowest BCUT2D eigenvalue weighted by Crippen LogP contribution is -2.52. The van der Waals surface area contributed by atoms with Crippen molar-refractivity contribution in [3.8, 4) is 17.0 Å². The van der Waals surface area contributed by atoms with Crippen LogP contribution in [-0.4, -0.2) is 71.4 Å². The molecule has 10 heteroatoms. The van der Waals surface area contributed by atoms with Crippen LogP contribution in [0.1, 0.15) is 101 Å². The summed E-state index contributed by atoms with van der Waals surface area (Å²) in [6, 6.07) is 10.6. The fourth-order valence-corrected chi connectivity index (χ4v) is 8.86. The monoisotopic (exact) mass is 684 g/mol. The predicted molar refractivity (Wildman–Crippen MR) is 190 cm³/mol. The molecule has 5 fully saturated rings. The Balaban J connectivity index is 1.08. The summed E-state index contributed by atoms with van der Waals surface area (Å²) in [6.45, 7) is 8.05. The second-order valence-electron chi connectivity index (χ2n) is 15.8. The van der Waals surface area contributed by atoms with Crippen molar-refractivity contribution in [3.63, 3.8) is 0 Å². The standard InChI is InChI=1S/C40H52N4O6/c1-26(2)36-42-33(24-49-36)30-11-18-41-35(20-30)44(37(46)29-5-8-32(9-6-29)50-38(47)43-21-28(22-43)23-45)25-39-12-15-40(16-13-39,17-14-39)31-7-10-34(48-4)27(3)19-31/h7,10-11,18-20,24,26,28-29,32,45H,5-6,8-9,12-17,21-23,25H2,1-4H3/t29-,32-,39?,40?. The third-order valence-corrected chi connectivity index (χ3v) is 12.3. The number of ether oxygens (including phenoxy) is 2. The Labute approximate surface area is 295 Å². The number of benzene rings is 1. The Bertz CT molecular complexity index is 1660. The fourth-order valence-electron chi connectivity index (χ4n) is 8.86. The normalized spacial score (nSPS) is 26.5. The zero-order valence-electron chi connectivity index (χ0n) is 30.0. The SMILES string of the molecule is COc1ccc(C23CCC(CN(c4cc(-c5coc(C(C)C)n5)ccn4)C(=O)[C@H]4CC[C@H](OC(=O)N5CC(CO)C5)CC4)(CC2)CC3)cc1C. The van der Waals surface area contributed by atoms with Crippen LogP contribution < -0.4 is 9.64 Å². The molecule has 1 aliphatic heterocycles. The smallest absolute Gasteiger partial charge is 0.410 e. The van der Waals surface area contributed by atoms with Crippen LogP contribution in [0.15, 0.2) is 47.2 Å². The third kappa shape index (κ3) is 6.75. The third-order valence-electron chi connectivity index (χ3n) is 12.3. The molecule has 0 unspecified atom stereocenters. The minimum absolute atomic E-state index is 0.0334. The molecule has 3 heterocycles. The molecule has 2 aromatic heterocycles. The summed E-state index contributed by atoms with van der Waals surface area (Å²) in [5.41, 5.74) is 4.43. The lowest BCUT2D eigenvalue weighted by Gasteiger charge is -2.55. The summed E-state index contributed by atoms with van der Waals surface area (Å²) in [5.74, 6) is 2.54. The van der Waals surface area contributed by atoms with Gasteiger partial charge in [-0.3, -0.25) is 9.69 Å². The van der Waals surface area contributed by atoms with Crippen molar-refractivity contribution in [1.82, 2.24) is 14.9 Å². The van der Waals surface area contributed by atoms with Crippen LogP contribution in [0.25, 0.3) is 11.3 Å². The molecule has 1 saturated heterocycles. The number of carbonyl (C=O) groups is 2. The summed E-state index contributed by atoms with van der Waals surface area (Å²) in [4.78, 5) is 40.4. The number of nitrogens with zero attached hydrogens (tertiary/aromatic N) is 4. The van der Waals surface area contributed by atoms with E-state index in [2.05, 4.69) is 39.0 Å². The Morgan fingerprint density at radius 1 is 1.04 bits per heavy atom. The summed E-state index contributed by atoms with van der Waals surface area (Å²) in [7, 11) is 1.73. The van der Waals surface area contributed by atoms with Gasteiger partial charge in [-0.2, -0.15) is 0 Å². The molecule has 0 radical (unpaired) electrons. The summed E-state index contributed by atoms with van der Waals surface area (Å²) in [6.07, 6.45) is 12.1. The topological polar surface area (TPSA) is 118 Å². The van der Waals surface area contributed by atoms with Crippen molar-refractivity contribution < 1.29 is 28.6 Å². The highest BCUT2D eigenvalue weighted by atomic mass is 16.6. The number of pyridine rings is 1. The number of aliphatic hydroxyl groups is 1. The first-order valence-electron chi connectivity index (χ1n) is 18.6. The summed E-state index contributed by atoms with van der Waals surface area (Å²) >= 11 is 0. The Hall–Kier alpha value is -3.92. The number of amides is 2. The number of rotatable bonds is 10. The molecule has 268 valence electrons. The zero-order valence-corrected chi connectivity index (χ0v) is 30.0. The molecule has 0 spiro atoms. The number of methoxy groups -OCH3 is 1. The van der Waals surface area contributed by atoms with Gasteiger partial charge in [0.25, 0.3) is 0 Å². The lowest BCUT2D eigenvalue weighted by molar-refractivity contribution is -0.124. The predicted octanol–water partition coefficient (Wildman–Crippen LogP) is 7.42. The lowest BCUT2D eigenvalue weighted by atomic mass is 9.51. The molecule has 1 aromatic carbocycles. The number of likely N-dealkylation sites (tertiary alicyclic amines) is 1. The number of hydrogen-bond donors (Lipinski definition) is 1. The van der Waals surface area contributed by atoms with Gasteiger partial charge in [-0.25, -0.2) is 14.8 Å². The summed E-state index contributed by atoms with van der Waals surface area (Å²) in [5, 5.41) is 9.30. The Morgan fingerprint density at radius 2 is 1.76 bits per heavy atom. The number of anilines is 1. The first-order chi connectivity index (χ1) is 24.1. The zero-order chi connectivity index (χ0) is 35.0. The maximum Gasteiger partial charge on any atom is 0.410 e. The molecule has 8 rings (SSSR count). The molecule has 3 aromatic rings. The van der Waals surface area contributed by atoms with E-state index in [1.165, 1.54) is 11.1 Å². The van der Waals surface area contributed by atoms with Crippen LogP contribution in [0.4, 0.5) is 10.6 Å². The van der Waals surface area contributed by atoms with Crippen molar-refractivity contribution >= 4 is 17.8 Å². The molecule has 0 atom stereocenters. The van der Waals surface area contributed by atoms with E-state index in [9.17, 15) is 14.7 Å². The molecule has 2 amide bonds. The number of aryl methyl sites for hydroxylation is 1. The van der Waals surface area contributed by atoms with Gasteiger partial charge in [0.15, 0.2) is 5.89 Å². The largest absolute Gasteiger partial charge is 0.496 e. The van der Waals surface area contributed by atoms with Gasteiger partial charge in [-0.1, -0.05) is 26.0 Å². The van der Waals surface area contributed by atoms with Crippen LogP contribution in [0.2, 0.25) is 0 Å². The van der Waals surface area contributed by atoms with Gasteiger partial charge in [0, 0.05) is 55.8 Å². The average Bonchev–Trinajstić information content (AvgIpc) is 3.62. The highest BCUT2D eigenvalue weighted by molar-refractivity contribution is 5.95. The van der Waals surface area contributed by atoms with E-state index in [0.717, 1.165) is 55.5 Å². The van der Waals surface area contributed by atoms with Gasteiger partial charge < -0.3 is 23.9 Å². The van der Waals surface area contributed by atoms with Crippen molar-refractivity contribution in [1.29, 1.82) is 0 Å². The number of fused-ring (bicyclic) bond motifs is 3. The van der Waals surface area contributed by atoms with Gasteiger partial charge in [0.1, 0.15) is 29.6 Å². The van der Waals surface area contributed by atoms with E-state index in [1.54, 1.807) is 24.5 Å². The Morgan fingerprint density at radius 3 is 2.38 bits per heavy atom. The van der Waals surface area contributed by atoms with Crippen molar-refractivity contribution in [2.45, 2.75) is 102 Å². The number of oxazole rings is 1. The van der Waals surface area contributed by atoms with Crippen LogP contribution in [0.3, 0.4) is 0 Å². The van der Waals surface area contributed by atoms with Crippen LogP contribution in [0.5, 0.6) is 5.75 Å². The van der Waals surface area contributed by atoms with E-state index in [0.29, 0.717) is 57.0 Å². The Kier molecular flexibility index (Phi) is 9.67. The molecule has 5 aliphatic rings. The van der Waals surface area contributed by atoms with Gasteiger partial charge in [0.2, 0.25) is 5.91 Å². The first-order valence-corrected chi connectivity index (χ1v) is 18.6. The molecule has 4 aliphatic carbocycles. The average molecular weight is 685 g/mol. The number of aromatic nitrogens is 2. The van der Waals surface area contributed by atoms with E-state index in [4.69, 9.17) is 23.9 Å². The van der Waals surface area contributed by atoms with Crippen molar-refractivity contribution in [2.75, 3.05) is 38.3 Å². The van der Waals surface area contributed by atoms with E-state index in [1.807, 2.05) is 17.0 Å². The van der Waals surface area contributed by atoms with Gasteiger partial charge in [0.05, 0.1) is 7.11 Å². The van der Waals surface area contributed by atoms with Crippen LogP contribution in [-0.2, 0) is 14.9 Å². The maximum absolute atomic E-state index is 14.6. The van der Waals surface area contributed by atoms with E-state index >= 15 is 0 Å². The maximum atomic E-state index is 14.6. The van der Waals surface area contributed by atoms with Crippen molar-refractivity contribution in [3.05, 3.63) is 59.8 Å². The van der Waals surface area contributed by atoms with Crippen molar-refractivity contribution in [2.24, 2.45) is 17.3 Å². The molecule has 1 N–H and O–H groups in total. The fraction of sp³-hybridized carbons (Fsp3) is 0.600. The summed E-state index contributed by atoms with van der Waals surface area (Å²) < 4.78 is 17.1. The second kappa shape index (κ2) is 14.0. The minimum atomic E-state index is -0.310. The van der Waals surface area contributed by atoms with Crippen LogP contribution >= 0.6 is 0 Å². The van der Waals surface area contributed by atoms with Gasteiger partial charge in [-0.05, 0) is 111 Å². The highest BCUT2D eigenvalue weighted by Crippen LogP contribution is 2.58. The first kappa shape index (κ1) is 34.5. The van der Waals surface area contributed by atoms with Crippen LogP contribution in [0, 0.1) is 24.2 Å². The molecular weight excluding hydrogens is 632 g/mol. The van der Waals surface area contributed by atoms with Gasteiger partial charge in [-0.15, -0.1) is 0 Å². The molecule has 50 heavy (non-hydrogen) atoms. The number of hydrogen-bond acceptors (Lipinski definition) is 8. The quantitative estimate of drug-likeness (QED) is 0.235. The number of aliphatic hydroxyl groups excluding tert-OH is 1. The molecule has 2 bridgehead atoms. The van der Waals surface area contributed by atoms with Gasteiger partial charge >= 0.3 is 6.09 Å².